The van der Waals surface area contributed by atoms with E-state index in [0.717, 1.165) is 16.8 Å². The predicted octanol–water partition coefficient (Wildman–Crippen LogP) is 5.16. The Labute approximate surface area is 177 Å². The summed E-state index contributed by atoms with van der Waals surface area (Å²) in [7, 11) is 0. The monoisotopic (exact) mass is 410 g/mol. The van der Waals surface area contributed by atoms with Gasteiger partial charge in [0, 0.05) is 23.5 Å². The minimum atomic E-state index is -0.181. The average molecular weight is 411 g/mol. The van der Waals surface area contributed by atoms with Crippen LogP contribution in [-0.4, -0.2) is 19.5 Å². The first-order valence-corrected chi connectivity index (χ1v) is 9.74. The fourth-order valence-electron chi connectivity index (χ4n) is 3.36. The standard InChI is InChI=1S/C24H15ClN4O/c25-18-12-13-22(27-15-18)29-23(28-21-7-2-1-5-19(21)24(29)30)17-10-8-16(9-11-17)20-6-3-4-14-26-20/h1-15H. The molecule has 3 aromatic heterocycles. The van der Waals surface area contributed by atoms with Gasteiger partial charge in [-0.2, -0.15) is 0 Å². The fraction of sp³-hybridized carbons (Fsp3) is 0. The Hall–Kier alpha value is -3.83. The Balaban J connectivity index is 1.73. The van der Waals surface area contributed by atoms with Crippen molar-refractivity contribution in [3.63, 3.8) is 0 Å². The van der Waals surface area contributed by atoms with E-state index in [-0.39, 0.29) is 5.56 Å². The predicted molar refractivity (Wildman–Crippen MR) is 119 cm³/mol. The molecular weight excluding hydrogens is 396 g/mol. The van der Waals surface area contributed by atoms with Gasteiger partial charge in [0.1, 0.15) is 11.6 Å². The molecule has 0 aliphatic carbocycles. The van der Waals surface area contributed by atoms with E-state index in [1.54, 1.807) is 24.4 Å². The summed E-state index contributed by atoms with van der Waals surface area (Å²) in [6, 6.07) is 24.3. The topological polar surface area (TPSA) is 60.7 Å². The smallest absolute Gasteiger partial charge is 0.267 e. The minimum absolute atomic E-state index is 0.181. The van der Waals surface area contributed by atoms with Crippen molar-refractivity contribution in [3.05, 3.63) is 107 Å². The first-order chi connectivity index (χ1) is 14.7. The van der Waals surface area contributed by atoms with E-state index < -0.39 is 0 Å². The van der Waals surface area contributed by atoms with Crippen molar-refractivity contribution in [2.45, 2.75) is 0 Å². The first kappa shape index (κ1) is 18.2. The highest BCUT2D eigenvalue weighted by Crippen LogP contribution is 2.25. The largest absolute Gasteiger partial charge is 0.268 e. The second kappa shape index (κ2) is 7.54. The SMILES string of the molecule is O=c1c2ccccc2nc(-c2ccc(-c3ccccn3)cc2)n1-c1ccc(Cl)cn1. The van der Waals surface area contributed by atoms with Gasteiger partial charge in [-0.1, -0.05) is 54.1 Å². The van der Waals surface area contributed by atoms with Crippen LogP contribution in [0.25, 0.3) is 39.4 Å². The van der Waals surface area contributed by atoms with Crippen molar-refractivity contribution >= 4 is 22.5 Å². The van der Waals surface area contributed by atoms with Gasteiger partial charge in [-0.05, 0) is 36.4 Å². The van der Waals surface area contributed by atoms with E-state index in [0.29, 0.717) is 27.6 Å². The average Bonchev–Trinajstić information content (AvgIpc) is 2.81. The van der Waals surface area contributed by atoms with Crippen LogP contribution in [0.5, 0.6) is 0 Å². The van der Waals surface area contributed by atoms with Crippen molar-refractivity contribution in [2.75, 3.05) is 0 Å². The minimum Gasteiger partial charge on any atom is -0.268 e. The van der Waals surface area contributed by atoms with Gasteiger partial charge in [-0.25, -0.2) is 14.5 Å². The second-order valence-electron chi connectivity index (χ2n) is 6.72. The van der Waals surface area contributed by atoms with Crippen LogP contribution in [0.4, 0.5) is 0 Å². The zero-order valence-corrected chi connectivity index (χ0v) is 16.5. The molecule has 0 amide bonds. The second-order valence-corrected chi connectivity index (χ2v) is 7.16. The summed E-state index contributed by atoms with van der Waals surface area (Å²) in [5.41, 5.74) is 3.12. The maximum absolute atomic E-state index is 13.3. The molecule has 0 atom stereocenters. The van der Waals surface area contributed by atoms with Gasteiger partial charge in [-0.3, -0.25) is 9.78 Å². The lowest BCUT2D eigenvalue weighted by Crippen LogP contribution is -2.22. The van der Waals surface area contributed by atoms with Crippen LogP contribution in [0, 0.1) is 0 Å². The molecule has 5 rings (SSSR count). The van der Waals surface area contributed by atoms with E-state index in [1.807, 2.05) is 60.7 Å². The van der Waals surface area contributed by atoms with Crippen LogP contribution in [0.1, 0.15) is 0 Å². The number of rotatable bonds is 3. The lowest BCUT2D eigenvalue weighted by atomic mass is 10.1. The van der Waals surface area contributed by atoms with Crippen LogP contribution in [0.3, 0.4) is 0 Å². The third-order valence-corrected chi connectivity index (χ3v) is 5.04. The molecule has 5 aromatic rings. The Bertz CT molecular complexity index is 1400. The van der Waals surface area contributed by atoms with E-state index in [4.69, 9.17) is 16.6 Å². The molecule has 0 radical (unpaired) electrons. The zero-order valence-electron chi connectivity index (χ0n) is 15.7. The van der Waals surface area contributed by atoms with Crippen LogP contribution < -0.4 is 5.56 Å². The Morgan fingerprint density at radius 3 is 2.27 bits per heavy atom. The van der Waals surface area contributed by atoms with Gasteiger partial charge in [0.2, 0.25) is 0 Å². The Morgan fingerprint density at radius 2 is 1.53 bits per heavy atom. The molecular formula is C24H15ClN4O. The van der Waals surface area contributed by atoms with Gasteiger partial charge in [-0.15, -0.1) is 0 Å². The summed E-state index contributed by atoms with van der Waals surface area (Å²) < 4.78 is 1.52. The van der Waals surface area contributed by atoms with Crippen molar-refractivity contribution in [2.24, 2.45) is 0 Å². The van der Waals surface area contributed by atoms with Crippen molar-refractivity contribution in [3.8, 4) is 28.5 Å². The number of hydrogen-bond donors (Lipinski definition) is 0. The van der Waals surface area contributed by atoms with Crippen molar-refractivity contribution in [1.29, 1.82) is 0 Å². The number of benzene rings is 2. The molecule has 144 valence electrons. The molecule has 2 aromatic carbocycles. The van der Waals surface area contributed by atoms with Gasteiger partial charge >= 0.3 is 0 Å². The summed E-state index contributed by atoms with van der Waals surface area (Å²) in [5, 5.41) is 1.03. The number of aromatic nitrogens is 4. The molecule has 5 nitrogen and oxygen atoms in total. The molecule has 30 heavy (non-hydrogen) atoms. The normalized spacial score (nSPS) is 11.0. The summed E-state index contributed by atoms with van der Waals surface area (Å²) >= 11 is 5.99. The molecule has 0 saturated heterocycles. The van der Waals surface area contributed by atoms with Gasteiger partial charge < -0.3 is 0 Å². The quantitative estimate of drug-likeness (QED) is 0.412. The lowest BCUT2D eigenvalue weighted by molar-refractivity contribution is 0.932. The van der Waals surface area contributed by atoms with E-state index >= 15 is 0 Å². The molecule has 6 heteroatoms. The summed E-state index contributed by atoms with van der Waals surface area (Å²) in [6.45, 7) is 0. The fourth-order valence-corrected chi connectivity index (χ4v) is 3.47. The van der Waals surface area contributed by atoms with Crippen molar-refractivity contribution in [1.82, 2.24) is 19.5 Å². The number of pyridine rings is 2. The van der Waals surface area contributed by atoms with E-state index in [2.05, 4.69) is 9.97 Å². The summed E-state index contributed by atoms with van der Waals surface area (Å²) in [6.07, 6.45) is 3.28. The number of para-hydroxylation sites is 1. The Kier molecular flexibility index (Phi) is 4.58. The number of nitrogens with zero attached hydrogens (tertiary/aromatic N) is 4. The third-order valence-electron chi connectivity index (χ3n) is 4.82. The first-order valence-electron chi connectivity index (χ1n) is 9.36. The maximum atomic E-state index is 13.3. The molecule has 0 aliphatic heterocycles. The van der Waals surface area contributed by atoms with Gasteiger partial charge in [0.25, 0.3) is 5.56 Å². The van der Waals surface area contributed by atoms with Gasteiger partial charge in [0.05, 0.1) is 21.6 Å². The number of hydrogen-bond acceptors (Lipinski definition) is 4. The molecule has 0 N–H and O–H groups in total. The number of fused-ring (bicyclic) bond motifs is 1. The zero-order chi connectivity index (χ0) is 20.5. The van der Waals surface area contributed by atoms with Crippen LogP contribution in [0.2, 0.25) is 5.02 Å². The Morgan fingerprint density at radius 1 is 0.767 bits per heavy atom. The van der Waals surface area contributed by atoms with Crippen LogP contribution in [-0.2, 0) is 0 Å². The van der Waals surface area contributed by atoms with Crippen molar-refractivity contribution < 1.29 is 0 Å². The molecule has 0 spiro atoms. The highest BCUT2D eigenvalue weighted by atomic mass is 35.5. The molecule has 0 fully saturated rings. The highest BCUT2D eigenvalue weighted by molar-refractivity contribution is 6.30. The third kappa shape index (κ3) is 3.25. The highest BCUT2D eigenvalue weighted by Gasteiger charge is 2.15. The maximum Gasteiger partial charge on any atom is 0.267 e. The molecule has 0 unspecified atom stereocenters. The van der Waals surface area contributed by atoms with Gasteiger partial charge in [0.15, 0.2) is 0 Å². The molecule has 0 saturated carbocycles. The summed E-state index contributed by atoms with van der Waals surface area (Å²) in [5.74, 6) is 0.979. The summed E-state index contributed by atoms with van der Waals surface area (Å²) in [4.78, 5) is 26.9. The van der Waals surface area contributed by atoms with E-state index in [9.17, 15) is 4.79 Å². The molecule has 0 bridgehead atoms. The lowest BCUT2D eigenvalue weighted by Gasteiger charge is -2.13. The van der Waals surface area contributed by atoms with Crippen LogP contribution >= 0.6 is 11.6 Å². The number of halogens is 1. The van der Waals surface area contributed by atoms with Crippen LogP contribution in [0.15, 0.2) is 96.1 Å². The van der Waals surface area contributed by atoms with E-state index in [1.165, 1.54) is 10.8 Å². The molecule has 3 heterocycles. The molecule has 0 aliphatic rings.